The molecule has 0 amide bonds. The van der Waals surface area contributed by atoms with Gasteiger partial charge in [-0.15, -0.1) is 0 Å². The largest absolute Gasteiger partial charge is 0.440 e. The van der Waals surface area contributed by atoms with Crippen LogP contribution in [-0.2, 0) is 0 Å². The van der Waals surface area contributed by atoms with E-state index in [2.05, 4.69) is 61.9 Å². The summed E-state index contributed by atoms with van der Waals surface area (Å²) in [5.41, 5.74) is 5.39. The zero-order valence-corrected chi connectivity index (χ0v) is 15.0. The lowest BCUT2D eigenvalue weighted by atomic mass is 10.0. The first-order chi connectivity index (χ1) is 12.0. The highest BCUT2D eigenvalue weighted by Gasteiger charge is 2.15. The van der Waals surface area contributed by atoms with Gasteiger partial charge in [-0.05, 0) is 36.1 Å². The fourth-order valence-corrected chi connectivity index (χ4v) is 2.89. The number of aromatic nitrogens is 2. The summed E-state index contributed by atoms with van der Waals surface area (Å²) >= 11 is 0. The van der Waals surface area contributed by atoms with Crippen molar-refractivity contribution in [2.24, 2.45) is 0 Å². The molecule has 0 fully saturated rings. The van der Waals surface area contributed by atoms with Gasteiger partial charge in [0.05, 0.1) is 0 Å². The van der Waals surface area contributed by atoms with Crippen LogP contribution in [0.15, 0.2) is 45.2 Å². The Morgan fingerprint density at radius 3 is 2.24 bits per heavy atom. The van der Waals surface area contributed by atoms with Gasteiger partial charge in [0.25, 0.3) is 0 Å². The highest BCUT2D eigenvalue weighted by atomic mass is 16.4. The van der Waals surface area contributed by atoms with E-state index in [4.69, 9.17) is 8.83 Å². The number of fused-ring (bicyclic) bond motifs is 2. The molecule has 25 heavy (non-hydrogen) atoms. The Hall–Kier alpha value is -2.62. The number of oxazole rings is 2. The minimum absolute atomic E-state index is 0.307. The average molecular weight is 334 g/mol. The Kier molecular flexibility index (Phi) is 3.83. The average Bonchev–Trinajstić information content (AvgIpc) is 3.21. The van der Waals surface area contributed by atoms with Crippen molar-refractivity contribution in [2.75, 3.05) is 0 Å². The van der Waals surface area contributed by atoms with Crippen LogP contribution in [0.3, 0.4) is 0 Å². The quantitative estimate of drug-likeness (QED) is 0.441. The predicted molar refractivity (Wildman–Crippen MR) is 99.8 cm³/mol. The summed E-state index contributed by atoms with van der Waals surface area (Å²) in [6.07, 6.45) is 0.998. The number of hydrogen-bond acceptors (Lipinski definition) is 4. The second kappa shape index (κ2) is 6.03. The molecular weight excluding hydrogens is 312 g/mol. The molecule has 0 spiro atoms. The van der Waals surface area contributed by atoms with Crippen LogP contribution < -0.4 is 0 Å². The molecule has 1 unspecified atom stereocenters. The molecule has 4 aromatic rings. The number of rotatable bonds is 4. The normalized spacial score (nSPS) is 13.2. The third-order valence-electron chi connectivity index (χ3n) is 4.77. The highest BCUT2D eigenvalue weighted by molar-refractivity contribution is 5.90. The van der Waals surface area contributed by atoms with Crippen LogP contribution in [0.1, 0.15) is 57.4 Å². The van der Waals surface area contributed by atoms with Crippen molar-refractivity contribution in [1.29, 1.82) is 0 Å². The number of benzene rings is 2. The third kappa shape index (κ3) is 2.82. The minimum atomic E-state index is 0.307. The summed E-state index contributed by atoms with van der Waals surface area (Å²) in [4.78, 5) is 9.23. The van der Waals surface area contributed by atoms with Crippen molar-refractivity contribution >= 4 is 22.2 Å². The summed E-state index contributed by atoms with van der Waals surface area (Å²) < 4.78 is 11.8. The number of nitrogens with zero attached hydrogens (tertiary/aromatic N) is 2. The molecule has 0 aliphatic carbocycles. The van der Waals surface area contributed by atoms with Gasteiger partial charge in [-0.1, -0.05) is 39.8 Å². The topological polar surface area (TPSA) is 52.1 Å². The van der Waals surface area contributed by atoms with Crippen LogP contribution in [0, 0.1) is 0 Å². The molecule has 0 bridgehead atoms. The maximum atomic E-state index is 5.96. The van der Waals surface area contributed by atoms with Gasteiger partial charge in [-0.25, -0.2) is 9.97 Å². The van der Waals surface area contributed by atoms with Gasteiger partial charge < -0.3 is 8.83 Å². The molecule has 2 aromatic heterocycles. The lowest BCUT2D eigenvalue weighted by Crippen LogP contribution is -1.89. The SMILES string of the molecule is CCC(C)c1nc2cc3nc(-c4ccc(C(C)C)cc4)oc3cc2o1. The molecule has 0 aliphatic rings. The second-order valence-electron chi connectivity index (χ2n) is 6.94. The van der Waals surface area contributed by atoms with Crippen molar-refractivity contribution in [3.8, 4) is 11.5 Å². The highest BCUT2D eigenvalue weighted by Crippen LogP contribution is 2.30. The predicted octanol–water partition coefficient (Wildman–Crippen LogP) is 6.27. The van der Waals surface area contributed by atoms with Gasteiger partial charge in [0.15, 0.2) is 17.1 Å². The summed E-state index contributed by atoms with van der Waals surface area (Å²) in [7, 11) is 0. The van der Waals surface area contributed by atoms with Crippen molar-refractivity contribution in [3.63, 3.8) is 0 Å². The van der Waals surface area contributed by atoms with Gasteiger partial charge in [0, 0.05) is 17.5 Å². The van der Waals surface area contributed by atoms with Gasteiger partial charge in [0.1, 0.15) is 11.0 Å². The zero-order chi connectivity index (χ0) is 17.6. The monoisotopic (exact) mass is 334 g/mol. The first-order valence-electron chi connectivity index (χ1n) is 8.86. The van der Waals surface area contributed by atoms with Crippen molar-refractivity contribution in [3.05, 3.63) is 47.9 Å². The summed E-state index contributed by atoms with van der Waals surface area (Å²) in [5, 5.41) is 0. The number of hydrogen-bond donors (Lipinski definition) is 0. The standard InChI is InChI=1S/C21H22N2O2/c1-5-13(4)20-22-16-10-17-19(11-18(16)24-20)25-21(23-17)15-8-6-14(7-9-15)12(2)3/h6-13H,5H2,1-4H3. The second-order valence-corrected chi connectivity index (χ2v) is 6.94. The van der Waals surface area contributed by atoms with Crippen molar-refractivity contribution < 1.29 is 8.83 Å². The van der Waals surface area contributed by atoms with Crippen LogP contribution >= 0.6 is 0 Å². The van der Waals surface area contributed by atoms with E-state index in [1.165, 1.54) is 5.56 Å². The van der Waals surface area contributed by atoms with E-state index in [-0.39, 0.29) is 0 Å². The molecule has 0 N–H and O–H groups in total. The van der Waals surface area contributed by atoms with E-state index in [0.717, 1.165) is 40.1 Å². The molecular formula is C21H22N2O2. The van der Waals surface area contributed by atoms with Gasteiger partial charge in [-0.3, -0.25) is 0 Å². The van der Waals surface area contributed by atoms with Crippen LogP contribution in [0.5, 0.6) is 0 Å². The van der Waals surface area contributed by atoms with Gasteiger partial charge in [-0.2, -0.15) is 0 Å². The van der Waals surface area contributed by atoms with Gasteiger partial charge >= 0.3 is 0 Å². The fourth-order valence-electron chi connectivity index (χ4n) is 2.89. The molecule has 4 nitrogen and oxygen atoms in total. The molecule has 4 heteroatoms. The summed E-state index contributed by atoms with van der Waals surface area (Å²) in [5.74, 6) is 2.21. The van der Waals surface area contributed by atoms with Gasteiger partial charge in [0.2, 0.25) is 5.89 Å². The maximum absolute atomic E-state index is 5.96. The minimum Gasteiger partial charge on any atom is -0.440 e. The molecule has 2 heterocycles. The maximum Gasteiger partial charge on any atom is 0.227 e. The van der Waals surface area contributed by atoms with E-state index in [9.17, 15) is 0 Å². The Bertz CT molecular complexity index is 974. The Morgan fingerprint density at radius 2 is 1.56 bits per heavy atom. The van der Waals surface area contributed by atoms with E-state index < -0.39 is 0 Å². The molecule has 0 aliphatic heterocycles. The summed E-state index contributed by atoms with van der Waals surface area (Å²) in [6, 6.07) is 12.2. The molecule has 0 radical (unpaired) electrons. The first kappa shape index (κ1) is 15.9. The molecule has 0 saturated carbocycles. The van der Waals surface area contributed by atoms with E-state index in [1.54, 1.807) is 0 Å². The molecule has 4 rings (SSSR count). The third-order valence-corrected chi connectivity index (χ3v) is 4.77. The lowest BCUT2D eigenvalue weighted by molar-refractivity contribution is 0.479. The Morgan fingerprint density at radius 1 is 0.880 bits per heavy atom. The lowest BCUT2D eigenvalue weighted by Gasteiger charge is -2.04. The van der Waals surface area contributed by atoms with Crippen molar-refractivity contribution in [2.45, 2.75) is 46.0 Å². The summed E-state index contributed by atoms with van der Waals surface area (Å²) in [6.45, 7) is 8.62. The first-order valence-corrected chi connectivity index (χ1v) is 8.86. The fraction of sp³-hybridized carbons (Fsp3) is 0.333. The van der Waals surface area contributed by atoms with Crippen LogP contribution in [0.4, 0.5) is 0 Å². The Balaban J connectivity index is 1.75. The van der Waals surface area contributed by atoms with E-state index in [0.29, 0.717) is 17.7 Å². The molecule has 128 valence electrons. The van der Waals surface area contributed by atoms with Crippen LogP contribution in [-0.4, -0.2) is 9.97 Å². The zero-order valence-electron chi connectivity index (χ0n) is 15.0. The van der Waals surface area contributed by atoms with E-state index >= 15 is 0 Å². The molecule has 2 aromatic carbocycles. The van der Waals surface area contributed by atoms with Crippen LogP contribution in [0.25, 0.3) is 33.7 Å². The van der Waals surface area contributed by atoms with Crippen LogP contribution in [0.2, 0.25) is 0 Å². The molecule has 1 atom stereocenters. The molecule has 0 saturated heterocycles. The Labute approximate surface area is 146 Å². The van der Waals surface area contributed by atoms with E-state index in [1.807, 2.05) is 12.1 Å². The van der Waals surface area contributed by atoms with Crippen molar-refractivity contribution in [1.82, 2.24) is 9.97 Å². The smallest absolute Gasteiger partial charge is 0.227 e.